The molecule has 1 aliphatic rings. The number of carboxylic acid groups (broad SMARTS) is 1. The van der Waals surface area contributed by atoms with Crippen molar-refractivity contribution in [2.24, 2.45) is 5.41 Å². The molecule has 0 unspecified atom stereocenters. The fourth-order valence-corrected chi connectivity index (χ4v) is 2.50. The highest BCUT2D eigenvalue weighted by Gasteiger charge is 2.30. The van der Waals surface area contributed by atoms with Gasteiger partial charge in [0.1, 0.15) is 0 Å². The molecule has 0 bridgehead atoms. The summed E-state index contributed by atoms with van der Waals surface area (Å²) >= 11 is 0. The van der Waals surface area contributed by atoms with E-state index in [2.05, 4.69) is 29.2 Å². The summed E-state index contributed by atoms with van der Waals surface area (Å²) in [5, 5.41) is 9.19. The minimum Gasteiger partial charge on any atom is -0.481 e. The van der Waals surface area contributed by atoms with E-state index in [1.165, 1.54) is 11.1 Å². The van der Waals surface area contributed by atoms with Crippen LogP contribution in [0.4, 0.5) is 0 Å². The normalized spacial score (nSPS) is 17.0. The minimum absolute atomic E-state index is 0.621. The van der Waals surface area contributed by atoms with Crippen LogP contribution in [-0.4, -0.2) is 35.6 Å². The maximum absolute atomic E-state index is 11.2. The molecular weight excluding hydrogens is 226 g/mol. The van der Waals surface area contributed by atoms with E-state index in [4.69, 9.17) is 0 Å². The molecule has 0 aliphatic carbocycles. The zero-order valence-corrected chi connectivity index (χ0v) is 11.1. The van der Waals surface area contributed by atoms with Crippen LogP contribution < -0.4 is 0 Å². The van der Waals surface area contributed by atoms with Crippen molar-refractivity contribution in [3.05, 3.63) is 35.4 Å². The van der Waals surface area contributed by atoms with Crippen molar-refractivity contribution in [2.45, 2.75) is 26.7 Å². The van der Waals surface area contributed by atoms with E-state index >= 15 is 0 Å². The molecule has 1 aliphatic heterocycles. The molecular formula is C15H21NO2. The maximum atomic E-state index is 11.2. The summed E-state index contributed by atoms with van der Waals surface area (Å²) in [6.07, 6.45) is 2.04. The molecule has 0 atom stereocenters. The van der Waals surface area contributed by atoms with Gasteiger partial charge >= 0.3 is 5.97 Å². The molecule has 18 heavy (non-hydrogen) atoms. The Bertz CT molecular complexity index is 413. The van der Waals surface area contributed by atoms with Crippen LogP contribution in [0.5, 0.6) is 0 Å². The van der Waals surface area contributed by atoms with Crippen LogP contribution in [0.1, 0.15) is 25.0 Å². The van der Waals surface area contributed by atoms with E-state index < -0.39 is 11.4 Å². The average molecular weight is 247 g/mol. The molecule has 1 N–H and O–H groups in total. The van der Waals surface area contributed by atoms with Gasteiger partial charge in [0.25, 0.3) is 0 Å². The van der Waals surface area contributed by atoms with Crippen LogP contribution in [0.15, 0.2) is 24.3 Å². The SMILES string of the molecule is CC(C)(CN1CCc2ccccc2CC1)C(=O)O. The van der Waals surface area contributed by atoms with Gasteiger partial charge in [-0.2, -0.15) is 0 Å². The molecule has 0 saturated heterocycles. The van der Waals surface area contributed by atoms with Crippen molar-refractivity contribution < 1.29 is 9.90 Å². The van der Waals surface area contributed by atoms with E-state index in [1.807, 2.05) is 0 Å². The molecule has 98 valence electrons. The molecule has 0 radical (unpaired) electrons. The molecule has 3 heteroatoms. The number of carboxylic acids is 1. The Balaban J connectivity index is 2.02. The topological polar surface area (TPSA) is 40.5 Å². The first-order valence-corrected chi connectivity index (χ1v) is 6.51. The molecule has 2 rings (SSSR count). The van der Waals surface area contributed by atoms with Crippen LogP contribution in [0.25, 0.3) is 0 Å². The molecule has 0 spiro atoms. The van der Waals surface area contributed by atoms with Gasteiger partial charge < -0.3 is 10.0 Å². The molecule has 0 amide bonds. The van der Waals surface area contributed by atoms with Crippen LogP contribution in [0.3, 0.4) is 0 Å². The van der Waals surface area contributed by atoms with Crippen LogP contribution in [-0.2, 0) is 17.6 Å². The van der Waals surface area contributed by atoms with E-state index in [0.717, 1.165) is 25.9 Å². The first kappa shape index (κ1) is 13.1. The van der Waals surface area contributed by atoms with Gasteiger partial charge in [-0.05, 0) is 37.8 Å². The number of fused-ring (bicyclic) bond motifs is 1. The van der Waals surface area contributed by atoms with Crippen molar-refractivity contribution in [3.8, 4) is 0 Å². The number of carbonyl (C=O) groups is 1. The number of aliphatic carboxylic acids is 1. The van der Waals surface area contributed by atoms with E-state index in [1.54, 1.807) is 13.8 Å². The monoisotopic (exact) mass is 247 g/mol. The smallest absolute Gasteiger partial charge is 0.310 e. The predicted octanol–water partition coefficient (Wildman–Crippen LogP) is 2.20. The highest BCUT2D eigenvalue weighted by molar-refractivity contribution is 5.73. The predicted molar refractivity (Wildman–Crippen MR) is 71.7 cm³/mol. The van der Waals surface area contributed by atoms with Crippen molar-refractivity contribution in [1.29, 1.82) is 0 Å². The van der Waals surface area contributed by atoms with E-state index in [-0.39, 0.29) is 0 Å². The number of nitrogens with zero attached hydrogens (tertiary/aromatic N) is 1. The van der Waals surface area contributed by atoms with Gasteiger partial charge in [0.15, 0.2) is 0 Å². The van der Waals surface area contributed by atoms with Crippen LogP contribution in [0.2, 0.25) is 0 Å². The number of benzene rings is 1. The zero-order valence-electron chi connectivity index (χ0n) is 11.1. The van der Waals surface area contributed by atoms with Gasteiger partial charge in [-0.3, -0.25) is 4.79 Å². The Labute approximate surface area is 108 Å². The Hall–Kier alpha value is -1.35. The average Bonchev–Trinajstić information content (AvgIpc) is 2.52. The summed E-state index contributed by atoms with van der Waals surface area (Å²) in [5.74, 6) is -0.718. The summed E-state index contributed by atoms with van der Waals surface area (Å²) in [6, 6.07) is 8.52. The Morgan fingerprint density at radius 1 is 1.22 bits per heavy atom. The lowest BCUT2D eigenvalue weighted by Gasteiger charge is -2.28. The third-order valence-corrected chi connectivity index (χ3v) is 3.71. The van der Waals surface area contributed by atoms with Crippen molar-refractivity contribution in [3.63, 3.8) is 0 Å². The molecule has 1 heterocycles. The summed E-state index contributed by atoms with van der Waals surface area (Å²) < 4.78 is 0. The first-order chi connectivity index (χ1) is 8.49. The second-order valence-electron chi connectivity index (χ2n) is 5.73. The molecule has 1 aromatic rings. The Morgan fingerprint density at radius 2 is 1.72 bits per heavy atom. The largest absolute Gasteiger partial charge is 0.481 e. The molecule has 1 aromatic carbocycles. The van der Waals surface area contributed by atoms with Crippen molar-refractivity contribution in [1.82, 2.24) is 4.90 Å². The quantitative estimate of drug-likeness (QED) is 0.890. The van der Waals surface area contributed by atoms with Crippen LogP contribution >= 0.6 is 0 Å². The molecule has 0 saturated carbocycles. The second-order valence-corrected chi connectivity index (χ2v) is 5.73. The zero-order chi connectivity index (χ0) is 13.2. The lowest BCUT2D eigenvalue weighted by molar-refractivity contribution is -0.147. The fourth-order valence-electron chi connectivity index (χ4n) is 2.50. The lowest BCUT2D eigenvalue weighted by atomic mass is 9.93. The third kappa shape index (κ3) is 2.91. The van der Waals surface area contributed by atoms with E-state index in [9.17, 15) is 9.90 Å². The van der Waals surface area contributed by atoms with Crippen molar-refractivity contribution in [2.75, 3.05) is 19.6 Å². The van der Waals surface area contributed by atoms with Crippen LogP contribution in [0, 0.1) is 5.41 Å². The van der Waals surface area contributed by atoms with Crippen molar-refractivity contribution >= 4 is 5.97 Å². The van der Waals surface area contributed by atoms with Gasteiger partial charge in [-0.15, -0.1) is 0 Å². The minimum atomic E-state index is -0.718. The Kier molecular flexibility index (Phi) is 3.71. The number of rotatable bonds is 3. The summed E-state index contributed by atoms with van der Waals surface area (Å²) in [6.45, 7) is 6.12. The lowest BCUT2D eigenvalue weighted by Crippen LogP contribution is -2.40. The third-order valence-electron chi connectivity index (χ3n) is 3.71. The number of hydrogen-bond donors (Lipinski definition) is 1. The molecule has 3 nitrogen and oxygen atoms in total. The van der Waals surface area contributed by atoms with Gasteiger partial charge in [0.2, 0.25) is 0 Å². The summed E-state index contributed by atoms with van der Waals surface area (Å²) in [5.41, 5.74) is 2.15. The van der Waals surface area contributed by atoms with Gasteiger partial charge in [0.05, 0.1) is 5.41 Å². The standard InChI is InChI=1S/C15H21NO2/c1-15(2,14(17)18)11-16-9-7-12-5-3-4-6-13(12)8-10-16/h3-6H,7-11H2,1-2H3,(H,17,18). The summed E-state index contributed by atoms with van der Waals surface area (Å²) in [7, 11) is 0. The Morgan fingerprint density at radius 3 is 2.17 bits per heavy atom. The van der Waals surface area contributed by atoms with Gasteiger partial charge in [-0.25, -0.2) is 0 Å². The van der Waals surface area contributed by atoms with Gasteiger partial charge in [-0.1, -0.05) is 24.3 Å². The first-order valence-electron chi connectivity index (χ1n) is 6.51. The van der Waals surface area contributed by atoms with Gasteiger partial charge in [0, 0.05) is 19.6 Å². The highest BCUT2D eigenvalue weighted by atomic mass is 16.4. The molecule has 0 aromatic heterocycles. The highest BCUT2D eigenvalue weighted by Crippen LogP contribution is 2.21. The fraction of sp³-hybridized carbons (Fsp3) is 0.533. The summed E-state index contributed by atoms with van der Waals surface area (Å²) in [4.78, 5) is 13.4. The molecule has 0 fully saturated rings. The maximum Gasteiger partial charge on any atom is 0.310 e. The van der Waals surface area contributed by atoms with E-state index in [0.29, 0.717) is 6.54 Å². The second kappa shape index (κ2) is 5.11. The number of hydrogen-bond acceptors (Lipinski definition) is 2.